The van der Waals surface area contributed by atoms with Crippen molar-refractivity contribution in [1.82, 2.24) is 0 Å². The van der Waals surface area contributed by atoms with Crippen molar-refractivity contribution < 1.29 is 31.2 Å². The summed E-state index contributed by atoms with van der Waals surface area (Å²) in [4.78, 5) is 0. The first-order valence-corrected chi connectivity index (χ1v) is 11.8. The molecule has 0 aliphatic heterocycles. The van der Waals surface area contributed by atoms with Crippen LogP contribution in [0.25, 0.3) is 0 Å². The van der Waals surface area contributed by atoms with Crippen LogP contribution < -0.4 is 0 Å². The van der Waals surface area contributed by atoms with Crippen molar-refractivity contribution in [2.75, 3.05) is 26.4 Å². The predicted molar refractivity (Wildman–Crippen MR) is 84.7 cm³/mol. The summed E-state index contributed by atoms with van der Waals surface area (Å²) in [5, 5.41) is 0. The van der Waals surface area contributed by atoms with Crippen molar-refractivity contribution in [2.45, 2.75) is 58.8 Å². The number of hydrogen-bond donors (Lipinski definition) is 0. The van der Waals surface area contributed by atoms with Gasteiger partial charge < -0.3 is 17.9 Å². The van der Waals surface area contributed by atoms with Gasteiger partial charge in [0.25, 0.3) is 0 Å². The van der Waals surface area contributed by atoms with Gasteiger partial charge in [-0.25, -0.2) is 0 Å². The van der Waals surface area contributed by atoms with Gasteiger partial charge in [0.1, 0.15) is 0 Å². The Balaban J connectivity index is 4.73. The van der Waals surface area contributed by atoms with E-state index in [9.17, 15) is 13.3 Å². The van der Waals surface area contributed by atoms with Crippen LogP contribution in [0, 0.1) is 0 Å². The summed E-state index contributed by atoms with van der Waals surface area (Å²) in [6.07, 6.45) is -0.438. The topological polar surface area (TPSA) is 54.0 Å². The van der Waals surface area contributed by atoms with E-state index in [1.54, 1.807) is 0 Å². The maximum Gasteiger partial charge on any atom is 0.399 e. The van der Waals surface area contributed by atoms with Crippen LogP contribution in [0.3, 0.4) is 0 Å². The van der Waals surface area contributed by atoms with Gasteiger partial charge in [-0.05, 0) is 46.7 Å². The van der Waals surface area contributed by atoms with Crippen LogP contribution in [0.1, 0.15) is 40.5 Å². The molecule has 0 heterocycles. The monoisotopic (exact) mass is 362 g/mol. The van der Waals surface area contributed by atoms with Gasteiger partial charge in [-0.1, -0.05) is 0 Å². The predicted octanol–water partition coefficient (Wildman–Crippen LogP) is 4.77. The molecule has 0 aliphatic rings. The van der Waals surface area contributed by atoms with Gasteiger partial charge in [0.15, 0.2) is 0 Å². The van der Waals surface area contributed by atoms with Crippen LogP contribution in [-0.4, -0.2) is 40.7 Å². The van der Waals surface area contributed by atoms with E-state index in [1.807, 2.05) is 20.4 Å². The third-order valence-corrected chi connectivity index (χ3v) is 8.29. The Labute approximate surface area is 133 Å². The summed E-state index contributed by atoms with van der Waals surface area (Å²) in [5.41, 5.74) is -3.51. The molecular weight excluding hydrogens is 333 g/mol. The van der Waals surface area contributed by atoms with Crippen molar-refractivity contribution in [3.8, 4) is 0 Å². The molecule has 0 aromatic rings. The van der Waals surface area contributed by atoms with Crippen LogP contribution in [0.2, 0.25) is 12.6 Å². The van der Waals surface area contributed by atoms with Gasteiger partial charge in [0, 0.05) is 19.6 Å². The van der Waals surface area contributed by atoms with Gasteiger partial charge in [0.05, 0.1) is 13.2 Å². The molecule has 0 amide bonds. The quantitative estimate of drug-likeness (QED) is 0.349. The number of alkyl halides is 2. The minimum atomic E-state index is -4.43. The molecule has 0 aromatic carbocycles. The summed E-state index contributed by atoms with van der Waals surface area (Å²) in [6, 6.07) is 0.405. The lowest BCUT2D eigenvalue weighted by Crippen LogP contribution is -2.39. The number of hydrogen-bond acceptors (Lipinski definition) is 5. The van der Waals surface area contributed by atoms with Crippen molar-refractivity contribution in [1.29, 1.82) is 0 Å². The lowest BCUT2D eigenvalue weighted by molar-refractivity contribution is 0.0303. The Bertz CT molecular complexity index is 341. The van der Waals surface area contributed by atoms with Gasteiger partial charge >= 0.3 is 21.8 Å². The van der Waals surface area contributed by atoms with E-state index >= 15 is 0 Å². The Kier molecular flexibility index (Phi) is 10.2. The van der Waals surface area contributed by atoms with Gasteiger partial charge in [-0.2, -0.15) is 8.78 Å². The van der Waals surface area contributed by atoms with Crippen LogP contribution >= 0.6 is 7.60 Å². The Morgan fingerprint density at radius 3 is 1.77 bits per heavy atom. The first-order valence-electron chi connectivity index (χ1n) is 7.75. The normalized spacial score (nSPS) is 13.6. The molecular formula is C13H29F2O5PSi. The van der Waals surface area contributed by atoms with Crippen LogP contribution in [0.4, 0.5) is 8.78 Å². The summed E-state index contributed by atoms with van der Waals surface area (Å²) in [7, 11) is -6.88. The SMILES string of the molecule is CCO[Si](C)(CCCC(F)(F)P(=O)(OCC)OCC)OCC. The molecule has 0 unspecified atom stereocenters. The molecule has 0 radical (unpaired) electrons. The van der Waals surface area contributed by atoms with Crippen molar-refractivity contribution in [3.05, 3.63) is 0 Å². The van der Waals surface area contributed by atoms with Crippen LogP contribution in [0.15, 0.2) is 0 Å². The van der Waals surface area contributed by atoms with Crippen molar-refractivity contribution >= 4 is 16.2 Å². The minimum absolute atomic E-state index is 0.0861. The lowest BCUT2D eigenvalue weighted by atomic mass is 10.3. The van der Waals surface area contributed by atoms with E-state index in [1.165, 1.54) is 13.8 Å². The van der Waals surface area contributed by atoms with E-state index in [0.717, 1.165) is 0 Å². The first-order chi connectivity index (χ1) is 10.2. The fourth-order valence-corrected chi connectivity index (χ4v) is 6.10. The second-order valence-corrected chi connectivity index (χ2v) is 10.4. The smallest absolute Gasteiger partial charge is 0.395 e. The largest absolute Gasteiger partial charge is 0.399 e. The van der Waals surface area contributed by atoms with Gasteiger partial charge in [-0.15, -0.1) is 0 Å². The number of halogens is 2. The summed E-state index contributed by atoms with van der Waals surface area (Å²) in [5.74, 6) is 0. The molecule has 0 aromatic heterocycles. The second-order valence-electron chi connectivity index (χ2n) is 4.85. The standard InChI is InChI=1S/C13H29F2O5PSi/c1-6-17-21(16,18-7-2)13(14,15)11-10-12-22(5,19-8-3)20-9-4/h6-12H2,1-5H3. The molecule has 0 bridgehead atoms. The molecule has 22 heavy (non-hydrogen) atoms. The van der Waals surface area contributed by atoms with Gasteiger partial charge in [-0.3, -0.25) is 4.57 Å². The molecule has 0 saturated carbocycles. The van der Waals surface area contributed by atoms with E-state index < -0.39 is 28.2 Å². The summed E-state index contributed by atoms with van der Waals surface area (Å²) < 4.78 is 61.3. The highest BCUT2D eigenvalue weighted by Gasteiger charge is 2.52. The van der Waals surface area contributed by atoms with E-state index in [-0.39, 0.29) is 19.6 Å². The minimum Gasteiger partial charge on any atom is -0.395 e. The molecule has 0 saturated heterocycles. The molecule has 134 valence electrons. The Morgan fingerprint density at radius 2 is 1.41 bits per heavy atom. The average Bonchev–Trinajstić information content (AvgIpc) is 2.39. The fourth-order valence-electron chi connectivity index (χ4n) is 2.12. The lowest BCUT2D eigenvalue weighted by Gasteiger charge is -2.28. The molecule has 5 nitrogen and oxygen atoms in total. The highest BCUT2D eigenvalue weighted by Crippen LogP contribution is 2.63. The molecule has 0 spiro atoms. The molecule has 0 atom stereocenters. The highest BCUT2D eigenvalue weighted by molar-refractivity contribution is 7.55. The molecule has 0 fully saturated rings. The molecule has 0 rings (SSSR count). The maximum atomic E-state index is 14.2. The second kappa shape index (κ2) is 10.1. The van der Waals surface area contributed by atoms with Crippen LogP contribution in [-0.2, 0) is 22.5 Å². The zero-order valence-electron chi connectivity index (χ0n) is 14.2. The molecule has 0 aliphatic carbocycles. The Morgan fingerprint density at radius 1 is 0.955 bits per heavy atom. The number of rotatable bonds is 13. The maximum absolute atomic E-state index is 14.2. The molecule has 0 N–H and O–H groups in total. The first kappa shape index (κ1) is 22.1. The molecule has 9 heteroatoms. The van der Waals surface area contributed by atoms with E-state index in [2.05, 4.69) is 0 Å². The zero-order chi connectivity index (χ0) is 17.3. The van der Waals surface area contributed by atoms with Crippen molar-refractivity contribution in [2.24, 2.45) is 0 Å². The van der Waals surface area contributed by atoms with Crippen molar-refractivity contribution in [3.63, 3.8) is 0 Å². The Hall–Kier alpha value is 0.147. The zero-order valence-corrected chi connectivity index (χ0v) is 16.1. The highest BCUT2D eigenvalue weighted by atomic mass is 31.2. The third-order valence-electron chi connectivity index (χ3n) is 3.01. The summed E-state index contributed by atoms with van der Waals surface area (Å²) >= 11 is 0. The average molecular weight is 362 g/mol. The van der Waals surface area contributed by atoms with Crippen LogP contribution in [0.5, 0.6) is 0 Å². The fraction of sp³-hybridized carbons (Fsp3) is 1.00. The summed E-state index contributed by atoms with van der Waals surface area (Å²) in [6.45, 7) is 9.35. The van der Waals surface area contributed by atoms with Gasteiger partial charge in [0.2, 0.25) is 0 Å². The third kappa shape index (κ3) is 6.72. The van der Waals surface area contributed by atoms with E-state index in [4.69, 9.17) is 17.9 Å². The van der Waals surface area contributed by atoms with E-state index in [0.29, 0.717) is 19.3 Å².